The molecule has 1 N–H and O–H groups in total. The first kappa shape index (κ1) is 17.2. The lowest BCUT2D eigenvalue weighted by Gasteiger charge is -2.06. The fourth-order valence-electron chi connectivity index (χ4n) is 3.70. The molecule has 1 amide bonds. The van der Waals surface area contributed by atoms with Crippen LogP contribution in [0.5, 0.6) is 0 Å². The number of furan rings is 1. The number of carbonyl (C=O) groups is 1. The van der Waals surface area contributed by atoms with Gasteiger partial charge in [-0.3, -0.25) is 4.79 Å². The molecule has 4 heterocycles. The molecule has 5 rings (SSSR count). The van der Waals surface area contributed by atoms with Crippen molar-refractivity contribution in [3.05, 3.63) is 53.5 Å². The van der Waals surface area contributed by atoms with Crippen molar-refractivity contribution in [1.29, 1.82) is 0 Å². The van der Waals surface area contributed by atoms with Gasteiger partial charge in [0.15, 0.2) is 10.8 Å². The Hall–Kier alpha value is -2.93. The number of aromatic nitrogens is 3. The molecule has 0 atom stereocenters. The summed E-state index contributed by atoms with van der Waals surface area (Å²) < 4.78 is 7.67. The Morgan fingerprint density at radius 3 is 3.07 bits per heavy atom. The Bertz CT molecular complexity index is 1130. The first-order valence-electron chi connectivity index (χ1n) is 9.53. The van der Waals surface area contributed by atoms with Crippen molar-refractivity contribution in [1.82, 2.24) is 14.5 Å². The second-order valence-electron chi connectivity index (χ2n) is 7.04. The van der Waals surface area contributed by atoms with E-state index in [9.17, 15) is 4.79 Å². The van der Waals surface area contributed by atoms with Crippen LogP contribution in [0.3, 0.4) is 0 Å². The third kappa shape index (κ3) is 3.33. The summed E-state index contributed by atoms with van der Waals surface area (Å²) in [5.74, 6) is 1.79. The average molecular weight is 392 g/mol. The average Bonchev–Trinajstić information content (AvgIpc) is 3.39. The first-order chi connectivity index (χ1) is 13.8. The lowest BCUT2D eigenvalue weighted by molar-refractivity contribution is -0.115. The van der Waals surface area contributed by atoms with Gasteiger partial charge in [0.2, 0.25) is 5.91 Å². The Kier molecular flexibility index (Phi) is 4.44. The molecule has 7 heteroatoms. The monoisotopic (exact) mass is 392 g/mol. The van der Waals surface area contributed by atoms with Gasteiger partial charge in [-0.05, 0) is 43.2 Å². The zero-order valence-electron chi connectivity index (χ0n) is 15.4. The van der Waals surface area contributed by atoms with Crippen LogP contribution in [0.15, 0.2) is 46.4 Å². The van der Waals surface area contributed by atoms with Gasteiger partial charge in [-0.25, -0.2) is 9.97 Å². The third-order valence-corrected chi connectivity index (χ3v) is 5.92. The minimum absolute atomic E-state index is 0.0867. The lowest BCUT2D eigenvalue weighted by Crippen LogP contribution is -2.14. The number of hydrogen-bond donors (Lipinski definition) is 1. The summed E-state index contributed by atoms with van der Waals surface area (Å²) in [5.41, 5.74) is 3.61. The summed E-state index contributed by atoms with van der Waals surface area (Å²) in [7, 11) is 0. The van der Waals surface area contributed by atoms with Crippen molar-refractivity contribution in [2.75, 3.05) is 5.32 Å². The highest BCUT2D eigenvalue weighted by Gasteiger charge is 2.15. The molecule has 0 fully saturated rings. The van der Waals surface area contributed by atoms with E-state index in [-0.39, 0.29) is 12.3 Å². The molecule has 1 aliphatic rings. The Balaban J connectivity index is 1.30. The standard InChI is InChI=1S/C21H20N4O2S/c26-20(12-15-13-28-21(23-15)18-5-4-10-27-18)22-14-7-8-17-16(11-14)24-19-6-2-1-3-9-25(17)19/h4-5,7-8,10-11,13H,1-3,6,9,12H2,(H,22,26). The van der Waals surface area contributed by atoms with Crippen molar-refractivity contribution in [2.45, 2.75) is 38.6 Å². The SMILES string of the molecule is O=C(Cc1csc(-c2ccco2)n1)Nc1ccc2c(c1)nc1n2CCCCC1. The molecule has 0 unspecified atom stereocenters. The van der Waals surface area contributed by atoms with Crippen LogP contribution >= 0.6 is 11.3 Å². The molecule has 4 aromatic rings. The number of benzene rings is 1. The normalized spacial score (nSPS) is 14.0. The molecule has 0 aliphatic carbocycles. The summed E-state index contributed by atoms with van der Waals surface area (Å²) in [5, 5.41) is 5.65. The maximum Gasteiger partial charge on any atom is 0.230 e. The smallest absolute Gasteiger partial charge is 0.230 e. The van der Waals surface area contributed by atoms with Crippen LogP contribution in [-0.2, 0) is 24.2 Å². The molecule has 3 aromatic heterocycles. The van der Waals surface area contributed by atoms with Crippen molar-refractivity contribution < 1.29 is 9.21 Å². The van der Waals surface area contributed by atoms with Gasteiger partial charge in [-0.2, -0.15) is 0 Å². The second-order valence-corrected chi connectivity index (χ2v) is 7.90. The first-order valence-corrected chi connectivity index (χ1v) is 10.4. The largest absolute Gasteiger partial charge is 0.462 e. The van der Waals surface area contributed by atoms with Crippen LogP contribution in [0.4, 0.5) is 5.69 Å². The summed E-state index contributed by atoms with van der Waals surface area (Å²) in [6, 6.07) is 9.67. The highest BCUT2D eigenvalue weighted by Crippen LogP contribution is 2.26. The molecule has 142 valence electrons. The fourth-order valence-corrected chi connectivity index (χ4v) is 4.48. The van der Waals surface area contributed by atoms with E-state index in [2.05, 4.69) is 20.9 Å². The predicted octanol–water partition coefficient (Wildman–Crippen LogP) is 4.66. The number of aryl methyl sites for hydroxylation is 2. The predicted molar refractivity (Wildman–Crippen MR) is 109 cm³/mol. The molecule has 1 aromatic carbocycles. The van der Waals surface area contributed by atoms with Crippen LogP contribution < -0.4 is 5.32 Å². The van der Waals surface area contributed by atoms with Crippen molar-refractivity contribution in [3.63, 3.8) is 0 Å². The molecular formula is C21H20N4O2S. The molecule has 0 spiro atoms. The number of nitrogens with zero attached hydrogens (tertiary/aromatic N) is 3. The van der Waals surface area contributed by atoms with Crippen LogP contribution in [0.25, 0.3) is 21.8 Å². The van der Waals surface area contributed by atoms with Crippen molar-refractivity contribution >= 4 is 34.0 Å². The maximum absolute atomic E-state index is 12.5. The van der Waals surface area contributed by atoms with E-state index in [1.165, 1.54) is 30.6 Å². The van der Waals surface area contributed by atoms with E-state index >= 15 is 0 Å². The topological polar surface area (TPSA) is 73.0 Å². The molecule has 0 bridgehead atoms. The van der Waals surface area contributed by atoms with Gasteiger partial charge in [-0.15, -0.1) is 11.3 Å². The van der Waals surface area contributed by atoms with Gasteiger partial charge < -0.3 is 14.3 Å². The summed E-state index contributed by atoms with van der Waals surface area (Å²) in [6.07, 6.45) is 6.53. The Morgan fingerprint density at radius 1 is 1.21 bits per heavy atom. The van der Waals surface area contributed by atoms with E-state index < -0.39 is 0 Å². The molecule has 1 aliphatic heterocycles. The third-order valence-electron chi connectivity index (χ3n) is 5.02. The zero-order valence-corrected chi connectivity index (χ0v) is 16.2. The Labute approximate surface area is 166 Å². The number of hydrogen-bond acceptors (Lipinski definition) is 5. The maximum atomic E-state index is 12.5. The van der Waals surface area contributed by atoms with E-state index in [4.69, 9.17) is 9.40 Å². The summed E-state index contributed by atoms with van der Waals surface area (Å²) >= 11 is 1.48. The molecule has 0 radical (unpaired) electrons. The zero-order chi connectivity index (χ0) is 18.9. The fraction of sp³-hybridized carbons (Fsp3) is 0.286. The van der Waals surface area contributed by atoms with Crippen LogP contribution in [-0.4, -0.2) is 20.4 Å². The molecule has 0 saturated carbocycles. The highest BCUT2D eigenvalue weighted by atomic mass is 32.1. The minimum atomic E-state index is -0.0867. The van der Waals surface area contributed by atoms with E-state index in [1.54, 1.807) is 6.26 Å². The summed E-state index contributed by atoms with van der Waals surface area (Å²) in [6.45, 7) is 1.03. The number of fused-ring (bicyclic) bond motifs is 3. The number of anilines is 1. The molecular weight excluding hydrogens is 372 g/mol. The van der Waals surface area contributed by atoms with E-state index in [1.807, 2.05) is 29.6 Å². The Morgan fingerprint density at radius 2 is 2.18 bits per heavy atom. The van der Waals surface area contributed by atoms with Crippen molar-refractivity contribution in [3.8, 4) is 10.8 Å². The van der Waals surface area contributed by atoms with Crippen LogP contribution in [0.1, 0.15) is 30.8 Å². The number of nitrogens with one attached hydrogen (secondary N) is 1. The van der Waals surface area contributed by atoms with Gasteiger partial charge in [0.25, 0.3) is 0 Å². The summed E-state index contributed by atoms with van der Waals surface area (Å²) in [4.78, 5) is 21.7. The minimum Gasteiger partial charge on any atom is -0.462 e. The van der Waals surface area contributed by atoms with E-state index in [0.717, 1.165) is 52.0 Å². The molecule has 0 saturated heterocycles. The number of thiazole rings is 1. The lowest BCUT2D eigenvalue weighted by atomic mass is 10.2. The van der Waals surface area contributed by atoms with Crippen LogP contribution in [0.2, 0.25) is 0 Å². The van der Waals surface area contributed by atoms with Gasteiger partial charge >= 0.3 is 0 Å². The van der Waals surface area contributed by atoms with Crippen LogP contribution in [0, 0.1) is 0 Å². The number of imidazole rings is 1. The van der Waals surface area contributed by atoms with Gasteiger partial charge in [-0.1, -0.05) is 6.42 Å². The van der Waals surface area contributed by atoms with Gasteiger partial charge in [0.1, 0.15) is 5.82 Å². The quantitative estimate of drug-likeness (QED) is 0.548. The number of amides is 1. The van der Waals surface area contributed by atoms with Crippen molar-refractivity contribution in [2.24, 2.45) is 0 Å². The number of carbonyl (C=O) groups excluding carboxylic acids is 1. The van der Waals surface area contributed by atoms with Gasteiger partial charge in [0.05, 0.1) is 29.4 Å². The number of rotatable bonds is 4. The molecule has 6 nitrogen and oxygen atoms in total. The van der Waals surface area contributed by atoms with Gasteiger partial charge in [0, 0.05) is 24.0 Å². The van der Waals surface area contributed by atoms with E-state index in [0.29, 0.717) is 0 Å². The molecule has 28 heavy (non-hydrogen) atoms. The second kappa shape index (κ2) is 7.24. The highest BCUT2D eigenvalue weighted by molar-refractivity contribution is 7.13.